The predicted octanol–water partition coefficient (Wildman–Crippen LogP) is 3.50. The monoisotopic (exact) mass is 201 g/mol. The summed E-state index contributed by atoms with van der Waals surface area (Å²) in [5.74, 6) is -0.194. The van der Waals surface area contributed by atoms with Gasteiger partial charge >= 0.3 is 0 Å². The van der Waals surface area contributed by atoms with Gasteiger partial charge in [0.15, 0.2) is 0 Å². The van der Waals surface area contributed by atoms with Crippen molar-refractivity contribution in [3.8, 4) is 11.1 Å². The molecule has 1 heterocycles. The normalized spacial score (nSPS) is 10.3. The molecule has 2 aromatic rings. The molecule has 76 valence electrons. The average Bonchev–Trinajstić information content (AvgIpc) is 2.20. The molecule has 0 fully saturated rings. The van der Waals surface area contributed by atoms with Gasteiger partial charge in [-0.05, 0) is 31.5 Å². The van der Waals surface area contributed by atoms with Crippen LogP contribution in [0.25, 0.3) is 11.1 Å². The Labute approximate surface area is 88.6 Å². The van der Waals surface area contributed by atoms with E-state index in [1.165, 1.54) is 6.07 Å². The number of aromatic nitrogens is 1. The molecule has 0 aliphatic rings. The van der Waals surface area contributed by atoms with Gasteiger partial charge in [0.25, 0.3) is 0 Å². The van der Waals surface area contributed by atoms with Crippen LogP contribution in [0.5, 0.6) is 0 Å². The lowest BCUT2D eigenvalue weighted by Crippen LogP contribution is -1.87. The molecule has 0 spiro atoms. The van der Waals surface area contributed by atoms with E-state index in [1.54, 1.807) is 12.3 Å². The van der Waals surface area contributed by atoms with Crippen LogP contribution in [-0.2, 0) is 0 Å². The van der Waals surface area contributed by atoms with E-state index in [2.05, 4.69) is 4.98 Å². The maximum atomic E-state index is 13.6. The summed E-state index contributed by atoms with van der Waals surface area (Å²) < 4.78 is 13.6. The number of hydrogen-bond donors (Lipinski definition) is 0. The van der Waals surface area contributed by atoms with Crippen LogP contribution in [0.4, 0.5) is 4.39 Å². The van der Waals surface area contributed by atoms with E-state index in [-0.39, 0.29) is 5.82 Å². The highest BCUT2D eigenvalue weighted by Crippen LogP contribution is 2.22. The zero-order valence-corrected chi connectivity index (χ0v) is 8.79. The van der Waals surface area contributed by atoms with Gasteiger partial charge in [-0.3, -0.25) is 4.98 Å². The molecule has 0 atom stereocenters. The van der Waals surface area contributed by atoms with Crippen molar-refractivity contribution >= 4 is 0 Å². The van der Waals surface area contributed by atoms with E-state index < -0.39 is 0 Å². The standard InChI is InChI=1S/C13H12FN/c1-9-3-6-12(13(14)7-9)11-5-4-10(2)15-8-11/h3-8H,1-2H3. The van der Waals surface area contributed by atoms with E-state index >= 15 is 0 Å². The lowest BCUT2D eigenvalue weighted by molar-refractivity contribution is 0.630. The molecule has 1 nitrogen and oxygen atoms in total. The molecule has 0 amide bonds. The summed E-state index contributed by atoms with van der Waals surface area (Å²) in [7, 11) is 0. The molecule has 0 N–H and O–H groups in total. The zero-order chi connectivity index (χ0) is 10.8. The van der Waals surface area contributed by atoms with Gasteiger partial charge in [-0.15, -0.1) is 0 Å². The van der Waals surface area contributed by atoms with Gasteiger partial charge < -0.3 is 0 Å². The third-order valence-electron chi connectivity index (χ3n) is 2.35. The Morgan fingerprint density at radius 1 is 1.07 bits per heavy atom. The van der Waals surface area contributed by atoms with Crippen molar-refractivity contribution in [2.24, 2.45) is 0 Å². The molecule has 0 aliphatic heterocycles. The van der Waals surface area contributed by atoms with Crippen LogP contribution < -0.4 is 0 Å². The zero-order valence-electron chi connectivity index (χ0n) is 8.79. The van der Waals surface area contributed by atoms with E-state index in [1.807, 2.05) is 32.0 Å². The van der Waals surface area contributed by atoms with Crippen LogP contribution in [0.1, 0.15) is 11.3 Å². The summed E-state index contributed by atoms with van der Waals surface area (Å²) in [5, 5.41) is 0. The lowest BCUT2D eigenvalue weighted by atomic mass is 10.1. The molecule has 0 bridgehead atoms. The summed E-state index contributed by atoms with van der Waals surface area (Å²) in [4.78, 5) is 4.15. The first-order valence-electron chi connectivity index (χ1n) is 4.86. The van der Waals surface area contributed by atoms with Crippen LogP contribution in [0, 0.1) is 19.7 Å². The molecule has 0 saturated heterocycles. The van der Waals surface area contributed by atoms with Crippen LogP contribution in [0.3, 0.4) is 0 Å². The molecule has 2 rings (SSSR count). The molecule has 0 aliphatic carbocycles. The first-order chi connectivity index (χ1) is 7.16. The summed E-state index contributed by atoms with van der Waals surface area (Å²) in [6.07, 6.45) is 1.70. The van der Waals surface area contributed by atoms with E-state index in [0.717, 1.165) is 16.8 Å². The molecule has 0 saturated carbocycles. The number of hydrogen-bond acceptors (Lipinski definition) is 1. The van der Waals surface area contributed by atoms with E-state index in [9.17, 15) is 4.39 Å². The topological polar surface area (TPSA) is 12.9 Å². The van der Waals surface area contributed by atoms with Crippen molar-refractivity contribution in [3.05, 3.63) is 53.6 Å². The van der Waals surface area contributed by atoms with E-state index in [0.29, 0.717) is 5.56 Å². The Bertz CT molecular complexity index is 474. The van der Waals surface area contributed by atoms with Gasteiger partial charge in [0.1, 0.15) is 5.82 Å². The smallest absolute Gasteiger partial charge is 0.131 e. The van der Waals surface area contributed by atoms with Gasteiger partial charge in [-0.1, -0.05) is 18.2 Å². The highest BCUT2D eigenvalue weighted by molar-refractivity contribution is 5.63. The Morgan fingerprint density at radius 2 is 1.87 bits per heavy atom. The van der Waals surface area contributed by atoms with Gasteiger partial charge in [0.05, 0.1) is 0 Å². The van der Waals surface area contributed by atoms with Gasteiger partial charge in [-0.25, -0.2) is 4.39 Å². The number of aryl methyl sites for hydroxylation is 2. The van der Waals surface area contributed by atoms with Crippen molar-refractivity contribution < 1.29 is 4.39 Å². The SMILES string of the molecule is Cc1ccc(-c2ccc(C)nc2)c(F)c1. The van der Waals surface area contributed by atoms with Crippen LogP contribution in [0.2, 0.25) is 0 Å². The Morgan fingerprint density at radius 3 is 2.47 bits per heavy atom. The molecular weight excluding hydrogens is 189 g/mol. The number of benzene rings is 1. The summed E-state index contributed by atoms with van der Waals surface area (Å²) in [5.41, 5.74) is 3.29. The molecule has 1 aromatic carbocycles. The minimum absolute atomic E-state index is 0.194. The Balaban J connectivity index is 2.49. The average molecular weight is 201 g/mol. The Kier molecular flexibility index (Phi) is 2.50. The molecular formula is C13H12FN. The van der Waals surface area contributed by atoms with Gasteiger partial charge in [-0.2, -0.15) is 0 Å². The molecule has 2 heteroatoms. The number of halogens is 1. The fourth-order valence-corrected chi connectivity index (χ4v) is 1.48. The summed E-state index contributed by atoms with van der Waals surface area (Å²) >= 11 is 0. The van der Waals surface area contributed by atoms with Crippen molar-refractivity contribution in [2.75, 3.05) is 0 Å². The van der Waals surface area contributed by atoms with Crippen LogP contribution in [0.15, 0.2) is 36.5 Å². The first kappa shape index (κ1) is 9.84. The summed E-state index contributed by atoms with van der Waals surface area (Å²) in [6.45, 7) is 3.79. The molecule has 15 heavy (non-hydrogen) atoms. The minimum atomic E-state index is -0.194. The molecule has 0 unspecified atom stereocenters. The maximum absolute atomic E-state index is 13.6. The second-order valence-corrected chi connectivity index (χ2v) is 3.67. The highest BCUT2D eigenvalue weighted by atomic mass is 19.1. The third-order valence-corrected chi connectivity index (χ3v) is 2.35. The number of pyridine rings is 1. The number of nitrogens with zero attached hydrogens (tertiary/aromatic N) is 1. The quantitative estimate of drug-likeness (QED) is 0.688. The van der Waals surface area contributed by atoms with Crippen molar-refractivity contribution in [1.82, 2.24) is 4.98 Å². The van der Waals surface area contributed by atoms with Crippen molar-refractivity contribution in [2.45, 2.75) is 13.8 Å². The fraction of sp³-hybridized carbons (Fsp3) is 0.154. The van der Waals surface area contributed by atoms with Gasteiger partial charge in [0, 0.05) is 23.0 Å². The second kappa shape index (κ2) is 3.81. The summed E-state index contributed by atoms with van der Waals surface area (Å²) in [6, 6.07) is 9.00. The molecule has 1 aromatic heterocycles. The fourth-order valence-electron chi connectivity index (χ4n) is 1.48. The Hall–Kier alpha value is -1.70. The van der Waals surface area contributed by atoms with Crippen molar-refractivity contribution in [3.63, 3.8) is 0 Å². The lowest BCUT2D eigenvalue weighted by Gasteiger charge is -2.04. The first-order valence-corrected chi connectivity index (χ1v) is 4.86. The second-order valence-electron chi connectivity index (χ2n) is 3.67. The van der Waals surface area contributed by atoms with E-state index in [4.69, 9.17) is 0 Å². The van der Waals surface area contributed by atoms with Crippen molar-refractivity contribution in [1.29, 1.82) is 0 Å². The largest absolute Gasteiger partial charge is 0.261 e. The highest BCUT2D eigenvalue weighted by Gasteiger charge is 2.04. The third kappa shape index (κ3) is 2.04. The predicted molar refractivity (Wildman–Crippen MR) is 59.1 cm³/mol. The maximum Gasteiger partial charge on any atom is 0.131 e. The van der Waals surface area contributed by atoms with Crippen LogP contribution >= 0.6 is 0 Å². The minimum Gasteiger partial charge on any atom is -0.261 e. The van der Waals surface area contributed by atoms with Crippen LogP contribution in [-0.4, -0.2) is 4.98 Å². The van der Waals surface area contributed by atoms with Gasteiger partial charge in [0.2, 0.25) is 0 Å². The number of rotatable bonds is 1. The molecule has 0 radical (unpaired) electrons.